The van der Waals surface area contributed by atoms with Crippen LogP contribution >= 0.6 is 0 Å². The van der Waals surface area contributed by atoms with Gasteiger partial charge in [0.1, 0.15) is 5.92 Å². The number of carbonyl (C=O) groups is 2. The van der Waals surface area contributed by atoms with Crippen LogP contribution in [0.15, 0.2) is 24.3 Å². The number of ketones is 1. The van der Waals surface area contributed by atoms with Crippen molar-refractivity contribution in [3.8, 4) is 0 Å². The maximum atomic E-state index is 12.2. The van der Waals surface area contributed by atoms with Crippen LogP contribution in [-0.4, -0.2) is 18.9 Å². The molecule has 104 valence electrons. The lowest BCUT2D eigenvalue weighted by Gasteiger charge is -2.13. The third kappa shape index (κ3) is 4.86. The Labute approximate surface area is 115 Å². The van der Waals surface area contributed by atoms with Crippen molar-refractivity contribution in [3.63, 3.8) is 0 Å². The molecule has 0 saturated carbocycles. The van der Waals surface area contributed by atoms with Crippen molar-refractivity contribution in [2.24, 2.45) is 5.92 Å². The summed E-state index contributed by atoms with van der Waals surface area (Å²) >= 11 is 0. The predicted molar refractivity (Wildman–Crippen MR) is 74.9 cm³/mol. The summed E-state index contributed by atoms with van der Waals surface area (Å²) in [4.78, 5) is 23.9. The van der Waals surface area contributed by atoms with Crippen LogP contribution < -0.4 is 0 Å². The average Bonchev–Trinajstić information content (AvgIpc) is 2.41. The van der Waals surface area contributed by atoms with E-state index < -0.39 is 11.9 Å². The molecule has 0 spiro atoms. The lowest BCUT2D eigenvalue weighted by atomic mass is 9.93. The van der Waals surface area contributed by atoms with Crippen molar-refractivity contribution >= 4 is 11.8 Å². The molecule has 0 aromatic heterocycles. The molecule has 1 atom stereocenters. The minimum absolute atomic E-state index is 0.0517. The van der Waals surface area contributed by atoms with E-state index >= 15 is 0 Å². The molecule has 1 rings (SSSR count). The van der Waals surface area contributed by atoms with Gasteiger partial charge < -0.3 is 4.74 Å². The fraction of sp³-hybridized carbons (Fsp3) is 0.500. The van der Waals surface area contributed by atoms with Crippen molar-refractivity contribution in [2.45, 2.75) is 39.5 Å². The summed E-state index contributed by atoms with van der Waals surface area (Å²) in [6, 6.07) is 7.81. The zero-order valence-electron chi connectivity index (χ0n) is 11.9. The van der Waals surface area contributed by atoms with Gasteiger partial charge in [-0.05, 0) is 18.9 Å². The van der Waals surface area contributed by atoms with Crippen LogP contribution in [0, 0.1) is 12.8 Å². The Bertz CT molecular complexity index is 420. The van der Waals surface area contributed by atoms with Crippen molar-refractivity contribution < 1.29 is 14.3 Å². The Morgan fingerprint density at radius 3 is 2.37 bits per heavy atom. The van der Waals surface area contributed by atoms with E-state index in [1.165, 1.54) is 7.11 Å². The Morgan fingerprint density at radius 1 is 1.21 bits per heavy atom. The Morgan fingerprint density at radius 2 is 1.84 bits per heavy atom. The van der Waals surface area contributed by atoms with E-state index in [4.69, 9.17) is 4.74 Å². The maximum Gasteiger partial charge on any atom is 0.316 e. The van der Waals surface area contributed by atoms with Gasteiger partial charge in [-0.3, -0.25) is 9.59 Å². The van der Waals surface area contributed by atoms with E-state index in [2.05, 4.69) is 0 Å². The molecule has 0 amide bonds. The number of hydrogen-bond donors (Lipinski definition) is 0. The highest BCUT2D eigenvalue weighted by Crippen LogP contribution is 2.15. The van der Waals surface area contributed by atoms with Crippen LogP contribution in [0.25, 0.3) is 0 Å². The zero-order chi connectivity index (χ0) is 14.3. The lowest BCUT2D eigenvalue weighted by Crippen LogP contribution is -2.26. The van der Waals surface area contributed by atoms with Crippen LogP contribution in [-0.2, 0) is 20.7 Å². The molecule has 1 aromatic carbocycles. The number of methoxy groups -OCH3 is 1. The van der Waals surface area contributed by atoms with Gasteiger partial charge in [-0.1, -0.05) is 49.6 Å². The fourth-order valence-electron chi connectivity index (χ4n) is 1.99. The monoisotopic (exact) mass is 262 g/mol. The van der Waals surface area contributed by atoms with Gasteiger partial charge in [0.05, 0.1) is 7.11 Å². The summed E-state index contributed by atoms with van der Waals surface area (Å²) < 4.78 is 4.73. The molecule has 0 fully saturated rings. The second-order valence-corrected chi connectivity index (χ2v) is 4.85. The van der Waals surface area contributed by atoms with Gasteiger partial charge in [0.25, 0.3) is 0 Å². The van der Waals surface area contributed by atoms with Gasteiger partial charge in [-0.25, -0.2) is 0 Å². The Hall–Kier alpha value is -1.64. The third-order valence-corrected chi connectivity index (χ3v) is 3.22. The Balaban J connectivity index is 2.70. The highest BCUT2D eigenvalue weighted by atomic mass is 16.5. The van der Waals surface area contributed by atoms with E-state index in [0.717, 1.165) is 24.0 Å². The molecule has 19 heavy (non-hydrogen) atoms. The molecule has 3 heteroatoms. The number of rotatable bonds is 7. The minimum Gasteiger partial charge on any atom is -0.468 e. The summed E-state index contributed by atoms with van der Waals surface area (Å²) in [5.74, 6) is -1.08. The standard InChI is InChI=1S/C16H22O3/c1-4-5-6-14(16(18)19-3)15(17)11-13-9-7-12(2)8-10-13/h7-10,14H,4-6,11H2,1-3H3. The molecular formula is C16H22O3. The quantitative estimate of drug-likeness (QED) is 0.560. The first-order valence-corrected chi connectivity index (χ1v) is 6.74. The number of aryl methyl sites for hydroxylation is 1. The Kier molecular flexibility index (Phi) is 6.26. The number of esters is 1. The van der Waals surface area contributed by atoms with E-state index in [1.54, 1.807) is 0 Å². The number of unbranched alkanes of at least 4 members (excludes halogenated alkanes) is 1. The molecule has 0 aliphatic carbocycles. The van der Waals surface area contributed by atoms with Crippen LogP contribution in [0.5, 0.6) is 0 Å². The lowest BCUT2D eigenvalue weighted by molar-refractivity contribution is -0.149. The zero-order valence-corrected chi connectivity index (χ0v) is 11.9. The summed E-state index contributed by atoms with van der Waals surface area (Å²) in [6.07, 6.45) is 2.70. The molecule has 0 aliphatic rings. The van der Waals surface area contributed by atoms with Gasteiger partial charge in [0.15, 0.2) is 5.78 Å². The number of carbonyl (C=O) groups excluding carboxylic acids is 2. The highest BCUT2D eigenvalue weighted by molar-refractivity contribution is 5.99. The van der Waals surface area contributed by atoms with E-state index in [0.29, 0.717) is 12.8 Å². The van der Waals surface area contributed by atoms with E-state index in [9.17, 15) is 9.59 Å². The van der Waals surface area contributed by atoms with Crippen LogP contribution in [0.2, 0.25) is 0 Å². The largest absolute Gasteiger partial charge is 0.468 e. The van der Waals surface area contributed by atoms with Crippen molar-refractivity contribution in [1.82, 2.24) is 0 Å². The van der Waals surface area contributed by atoms with Crippen LogP contribution in [0.3, 0.4) is 0 Å². The minimum atomic E-state index is -0.619. The van der Waals surface area contributed by atoms with E-state index in [-0.39, 0.29) is 5.78 Å². The third-order valence-electron chi connectivity index (χ3n) is 3.22. The normalized spacial score (nSPS) is 11.9. The molecule has 0 aliphatic heterocycles. The second kappa shape index (κ2) is 7.72. The maximum absolute atomic E-state index is 12.2. The van der Waals surface area contributed by atoms with Crippen LogP contribution in [0.1, 0.15) is 37.3 Å². The molecule has 0 N–H and O–H groups in total. The average molecular weight is 262 g/mol. The second-order valence-electron chi connectivity index (χ2n) is 4.85. The van der Waals surface area contributed by atoms with Crippen LogP contribution in [0.4, 0.5) is 0 Å². The first-order chi connectivity index (χ1) is 9.08. The highest BCUT2D eigenvalue weighted by Gasteiger charge is 2.26. The first-order valence-electron chi connectivity index (χ1n) is 6.74. The molecule has 0 heterocycles. The number of Topliss-reactive ketones (excluding diaryl/α,β-unsaturated/α-hetero) is 1. The molecule has 3 nitrogen and oxygen atoms in total. The van der Waals surface area contributed by atoms with Gasteiger partial charge in [0.2, 0.25) is 0 Å². The molecule has 0 radical (unpaired) electrons. The molecular weight excluding hydrogens is 240 g/mol. The topological polar surface area (TPSA) is 43.4 Å². The first kappa shape index (κ1) is 15.4. The van der Waals surface area contributed by atoms with Gasteiger partial charge in [-0.2, -0.15) is 0 Å². The van der Waals surface area contributed by atoms with Gasteiger partial charge in [-0.15, -0.1) is 0 Å². The van der Waals surface area contributed by atoms with Gasteiger partial charge >= 0.3 is 5.97 Å². The van der Waals surface area contributed by atoms with Gasteiger partial charge in [0, 0.05) is 6.42 Å². The van der Waals surface area contributed by atoms with E-state index in [1.807, 2.05) is 38.1 Å². The summed E-state index contributed by atoms with van der Waals surface area (Å²) in [5.41, 5.74) is 2.10. The number of hydrogen-bond acceptors (Lipinski definition) is 3. The fourth-order valence-corrected chi connectivity index (χ4v) is 1.99. The van der Waals surface area contributed by atoms with Crippen molar-refractivity contribution in [3.05, 3.63) is 35.4 Å². The van der Waals surface area contributed by atoms with Crippen molar-refractivity contribution in [1.29, 1.82) is 0 Å². The summed E-state index contributed by atoms with van der Waals surface area (Å²) in [6.45, 7) is 4.04. The molecule has 1 unspecified atom stereocenters. The summed E-state index contributed by atoms with van der Waals surface area (Å²) in [7, 11) is 1.33. The molecule has 0 bridgehead atoms. The van der Waals surface area contributed by atoms with Crippen molar-refractivity contribution in [2.75, 3.05) is 7.11 Å². The number of ether oxygens (including phenoxy) is 1. The summed E-state index contributed by atoms with van der Waals surface area (Å²) in [5, 5.41) is 0. The number of benzene rings is 1. The molecule has 0 saturated heterocycles. The molecule has 1 aromatic rings. The predicted octanol–water partition coefficient (Wildman–Crippen LogP) is 3.09. The smallest absolute Gasteiger partial charge is 0.316 e. The SMILES string of the molecule is CCCCC(C(=O)Cc1ccc(C)cc1)C(=O)OC.